The molecule has 1 unspecified atom stereocenters. The molecule has 1 aliphatic heterocycles. The van der Waals surface area contributed by atoms with E-state index in [-0.39, 0.29) is 5.60 Å². The van der Waals surface area contributed by atoms with Crippen molar-refractivity contribution < 1.29 is 9.47 Å². The molecule has 1 heterocycles. The van der Waals surface area contributed by atoms with Crippen molar-refractivity contribution >= 4 is 0 Å². The Morgan fingerprint density at radius 3 is 2.95 bits per heavy atom. The Labute approximate surface area is 121 Å². The minimum atomic E-state index is 0.236. The molecule has 1 aromatic carbocycles. The summed E-state index contributed by atoms with van der Waals surface area (Å²) < 4.78 is 11.4. The first-order valence-corrected chi connectivity index (χ1v) is 7.81. The quantitative estimate of drug-likeness (QED) is 0.896. The van der Waals surface area contributed by atoms with Crippen molar-refractivity contribution in [3.63, 3.8) is 0 Å². The maximum Gasteiger partial charge on any atom is 0.122 e. The Bertz CT molecular complexity index is 442. The van der Waals surface area contributed by atoms with Crippen LogP contribution in [-0.2, 0) is 11.2 Å². The zero-order chi connectivity index (χ0) is 13.8. The highest BCUT2D eigenvalue weighted by Crippen LogP contribution is 2.42. The van der Waals surface area contributed by atoms with Crippen molar-refractivity contribution in [1.82, 2.24) is 5.32 Å². The lowest BCUT2D eigenvalue weighted by atomic mass is 9.74. The molecule has 0 radical (unpaired) electrons. The van der Waals surface area contributed by atoms with Crippen LogP contribution in [0.25, 0.3) is 0 Å². The molecule has 0 aromatic heterocycles. The van der Waals surface area contributed by atoms with Crippen molar-refractivity contribution in [3.8, 4) is 5.75 Å². The fourth-order valence-corrected chi connectivity index (χ4v) is 3.44. The molecule has 1 N–H and O–H groups in total. The van der Waals surface area contributed by atoms with E-state index in [2.05, 4.69) is 17.4 Å². The van der Waals surface area contributed by atoms with Crippen LogP contribution in [0.1, 0.15) is 37.7 Å². The molecular weight excluding hydrogens is 250 g/mol. The molecule has 1 saturated heterocycles. The van der Waals surface area contributed by atoms with Crippen LogP contribution in [-0.4, -0.2) is 31.9 Å². The van der Waals surface area contributed by atoms with Gasteiger partial charge in [0.05, 0.1) is 12.7 Å². The minimum Gasteiger partial charge on any atom is -0.496 e. The van der Waals surface area contributed by atoms with Crippen LogP contribution in [0, 0.1) is 0 Å². The number of methoxy groups -OCH3 is 1. The summed E-state index contributed by atoms with van der Waals surface area (Å²) in [6.07, 6.45) is 7.23. The van der Waals surface area contributed by atoms with Gasteiger partial charge in [0.15, 0.2) is 0 Å². The van der Waals surface area contributed by atoms with Gasteiger partial charge in [-0.15, -0.1) is 0 Å². The summed E-state index contributed by atoms with van der Waals surface area (Å²) in [7, 11) is 1.74. The summed E-state index contributed by atoms with van der Waals surface area (Å²) in [6.45, 7) is 1.94. The molecule has 3 rings (SSSR count). The molecule has 1 saturated carbocycles. The van der Waals surface area contributed by atoms with E-state index in [1.807, 2.05) is 12.1 Å². The van der Waals surface area contributed by atoms with E-state index in [0.717, 1.165) is 31.7 Å². The normalized spacial score (nSPS) is 24.4. The molecule has 110 valence electrons. The van der Waals surface area contributed by atoms with Crippen molar-refractivity contribution in [3.05, 3.63) is 29.8 Å². The number of hydrogen-bond donors (Lipinski definition) is 1. The predicted octanol–water partition coefficient (Wildman–Crippen LogP) is 2.93. The molecule has 0 bridgehead atoms. The molecule has 3 heteroatoms. The highest BCUT2D eigenvalue weighted by Gasteiger charge is 2.42. The maximum absolute atomic E-state index is 5.97. The Balaban J connectivity index is 1.47. The van der Waals surface area contributed by atoms with Crippen LogP contribution in [0.5, 0.6) is 5.75 Å². The topological polar surface area (TPSA) is 30.5 Å². The second kappa shape index (κ2) is 6.15. The lowest BCUT2D eigenvalue weighted by molar-refractivity contribution is -0.135. The van der Waals surface area contributed by atoms with Crippen LogP contribution in [0.2, 0.25) is 0 Å². The summed E-state index contributed by atoms with van der Waals surface area (Å²) in [5, 5.41) is 3.71. The highest BCUT2D eigenvalue weighted by molar-refractivity contribution is 5.33. The van der Waals surface area contributed by atoms with Crippen LogP contribution >= 0.6 is 0 Å². The van der Waals surface area contributed by atoms with Crippen LogP contribution in [0.15, 0.2) is 24.3 Å². The summed E-state index contributed by atoms with van der Waals surface area (Å²) in [5.74, 6) is 0.997. The Morgan fingerprint density at radius 2 is 2.20 bits per heavy atom. The third kappa shape index (κ3) is 2.99. The lowest BCUT2D eigenvalue weighted by Crippen LogP contribution is -2.51. The van der Waals surface area contributed by atoms with Crippen molar-refractivity contribution in [2.75, 3.05) is 20.3 Å². The zero-order valence-electron chi connectivity index (χ0n) is 12.4. The van der Waals surface area contributed by atoms with Crippen molar-refractivity contribution in [1.29, 1.82) is 0 Å². The van der Waals surface area contributed by atoms with Gasteiger partial charge < -0.3 is 14.8 Å². The summed E-state index contributed by atoms with van der Waals surface area (Å²) >= 11 is 0. The predicted molar refractivity (Wildman–Crippen MR) is 80.3 cm³/mol. The molecule has 0 amide bonds. The molecule has 20 heavy (non-hydrogen) atoms. The first-order valence-electron chi connectivity index (χ1n) is 7.81. The summed E-state index contributed by atoms with van der Waals surface area (Å²) in [4.78, 5) is 0. The average Bonchev–Trinajstić information content (AvgIpc) is 2.46. The second-order valence-corrected chi connectivity index (χ2v) is 6.09. The van der Waals surface area contributed by atoms with E-state index < -0.39 is 0 Å². The Morgan fingerprint density at radius 1 is 1.35 bits per heavy atom. The van der Waals surface area contributed by atoms with E-state index >= 15 is 0 Å². The number of ether oxygens (including phenoxy) is 2. The summed E-state index contributed by atoms with van der Waals surface area (Å²) in [6, 6.07) is 8.91. The molecule has 1 spiro atoms. The highest BCUT2D eigenvalue weighted by atomic mass is 16.5. The van der Waals surface area contributed by atoms with E-state index in [1.165, 1.54) is 31.2 Å². The Kier molecular flexibility index (Phi) is 4.27. The van der Waals surface area contributed by atoms with Crippen molar-refractivity contribution in [2.24, 2.45) is 0 Å². The molecule has 1 atom stereocenters. The SMILES string of the molecule is COc1ccccc1CCNC1CCOC2(CCC2)C1. The van der Waals surface area contributed by atoms with Gasteiger partial charge in [-0.2, -0.15) is 0 Å². The molecule has 2 aliphatic rings. The van der Waals surface area contributed by atoms with Crippen LogP contribution in [0.4, 0.5) is 0 Å². The van der Waals surface area contributed by atoms with Gasteiger partial charge in [-0.1, -0.05) is 18.2 Å². The fourth-order valence-electron chi connectivity index (χ4n) is 3.44. The Hall–Kier alpha value is -1.06. The number of nitrogens with one attached hydrogen (secondary N) is 1. The van der Waals surface area contributed by atoms with Crippen LogP contribution in [0.3, 0.4) is 0 Å². The second-order valence-electron chi connectivity index (χ2n) is 6.09. The van der Waals surface area contributed by atoms with Gasteiger partial charge >= 0.3 is 0 Å². The van der Waals surface area contributed by atoms with Crippen molar-refractivity contribution in [2.45, 2.75) is 50.2 Å². The van der Waals surface area contributed by atoms with Crippen LogP contribution < -0.4 is 10.1 Å². The zero-order valence-corrected chi connectivity index (χ0v) is 12.4. The lowest BCUT2D eigenvalue weighted by Gasteiger charge is -2.47. The largest absolute Gasteiger partial charge is 0.496 e. The van der Waals surface area contributed by atoms with Gasteiger partial charge in [0.2, 0.25) is 0 Å². The van der Waals surface area contributed by atoms with E-state index in [4.69, 9.17) is 9.47 Å². The number of hydrogen-bond acceptors (Lipinski definition) is 3. The monoisotopic (exact) mass is 275 g/mol. The first kappa shape index (κ1) is 13.9. The van der Waals surface area contributed by atoms with E-state index in [9.17, 15) is 0 Å². The molecular formula is C17H25NO2. The van der Waals surface area contributed by atoms with Gasteiger partial charge in [-0.05, 0) is 56.7 Å². The summed E-state index contributed by atoms with van der Waals surface area (Å²) in [5.41, 5.74) is 1.52. The van der Waals surface area contributed by atoms with Gasteiger partial charge in [0, 0.05) is 12.6 Å². The van der Waals surface area contributed by atoms with Gasteiger partial charge in [0.25, 0.3) is 0 Å². The van der Waals surface area contributed by atoms with Gasteiger partial charge in [-0.3, -0.25) is 0 Å². The standard InChI is InChI=1S/C17H25NO2/c1-19-16-6-3-2-5-14(16)7-11-18-15-8-12-20-17(13-15)9-4-10-17/h2-3,5-6,15,18H,4,7-13H2,1H3. The third-order valence-electron chi connectivity index (χ3n) is 4.78. The molecule has 2 fully saturated rings. The van der Waals surface area contributed by atoms with Gasteiger partial charge in [0.1, 0.15) is 5.75 Å². The average molecular weight is 275 g/mol. The third-order valence-corrected chi connectivity index (χ3v) is 4.78. The van der Waals surface area contributed by atoms with E-state index in [1.54, 1.807) is 7.11 Å². The van der Waals surface area contributed by atoms with Gasteiger partial charge in [-0.25, -0.2) is 0 Å². The first-order chi connectivity index (χ1) is 9.81. The molecule has 3 nitrogen and oxygen atoms in total. The van der Waals surface area contributed by atoms with E-state index in [0.29, 0.717) is 6.04 Å². The minimum absolute atomic E-state index is 0.236. The number of rotatable bonds is 5. The number of benzene rings is 1. The maximum atomic E-state index is 5.97. The molecule has 1 aromatic rings. The smallest absolute Gasteiger partial charge is 0.122 e. The fraction of sp³-hybridized carbons (Fsp3) is 0.647. The molecule has 1 aliphatic carbocycles. The number of para-hydroxylation sites is 1.